The number of amides is 1. The normalized spacial score (nSPS) is 28.9. The van der Waals surface area contributed by atoms with Gasteiger partial charge in [0, 0.05) is 18.7 Å². The third-order valence-electron chi connectivity index (χ3n) is 5.00. The average Bonchev–Trinajstić information content (AvgIpc) is 3.04. The van der Waals surface area contributed by atoms with Crippen molar-refractivity contribution < 1.29 is 14.6 Å². The van der Waals surface area contributed by atoms with Crippen molar-refractivity contribution in [2.45, 2.75) is 24.1 Å². The molecule has 0 aromatic heterocycles. The van der Waals surface area contributed by atoms with Gasteiger partial charge in [-0.25, -0.2) is 0 Å². The first-order valence-electron chi connectivity index (χ1n) is 8.11. The van der Waals surface area contributed by atoms with E-state index in [-0.39, 0.29) is 11.9 Å². The van der Waals surface area contributed by atoms with E-state index in [1.807, 2.05) is 54.6 Å². The number of aliphatic hydroxyl groups is 1. The van der Waals surface area contributed by atoms with E-state index in [9.17, 15) is 9.90 Å². The number of nitrogens with zero attached hydrogens (tertiary/aromatic N) is 1. The molecule has 2 aliphatic heterocycles. The number of β-lactam (4-membered cyclic amide) rings is 1. The lowest BCUT2D eigenvalue weighted by atomic mass is 9.73. The topological polar surface area (TPSA) is 61.8 Å². The maximum atomic E-state index is 13.0. The minimum Gasteiger partial charge on any atom is -0.497 e. The highest BCUT2D eigenvalue weighted by Gasteiger charge is 2.64. The van der Waals surface area contributed by atoms with Crippen LogP contribution in [0.25, 0.3) is 0 Å². The minimum absolute atomic E-state index is 0.0121. The second-order valence-electron chi connectivity index (χ2n) is 6.40. The molecule has 2 fully saturated rings. The molecular weight excluding hydrogens is 304 g/mol. The molecule has 2 N–H and O–H groups in total. The van der Waals surface area contributed by atoms with Gasteiger partial charge >= 0.3 is 0 Å². The molecule has 1 spiro atoms. The lowest BCUT2D eigenvalue weighted by molar-refractivity contribution is -0.134. The highest BCUT2D eigenvalue weighted by atomic mass is 16.5. The van der Waals surface area contributed by atoms with Gasteiger partial charge in [-0.3, -0.25) is 10.1 Å². The van der Waals surface area contributed by atoms with Gasteiger partial charge in [-0.15, -0.1) is 0 Å². The van der Waals surface area contributed by atoms with Crippen LogP contribution in [0.3, 0.4) is 0 Å². The summed E-state index contributed by atoms with van der Waals surface area (Å²) >= 11 is 0. The third-order valence-corrected chi connectivity index (χ3v) is 5.00. The largest absolute Gasteiger partial charge is 0.497 e. The number of benzene rings is 2. The van der Waals surface area contributed by atoms with E-state index in [4.69, 9.17) is 4.74 Å². The van der Waals surface area contributed by atoms with Crippen molar-refractivity contribution in [1.82, 2.24) is 5.32 Å². The summed E-state index contributed by atoms with van der Waals surface area (Å²) in [7, 11) is 1.62. The van der Waals surface area contributed by atoms with Gasteiger partial charge in [0.2, 0.25) is 0 Å². The Hall–Kier alpha value is -2.37. The summed E-state index contributed by atoms with van der Waals surface area (Å²) in [4.78, 5) is 14.8. The van der Waals surface area contributed by atoms with Crippen LogP contribution < -0.4 is 15.0 Å². The van der Waals surface area contributed by atoms with E-state index in [0.717, 1.165) is 17.0 Å². The van der Waals surface area contributed by atoms with Crippen LogP contribution in [0.4, 0.5) is 5.69 Å². The fourth-order valence-corrected chi connectivity index (χ4v) is 3.87. The summed E-state index contributed by atoms with van der Waals surface area (Å²) < 4.78 is 5.20. The number of anilines is 1. The van der Waals surface area contributed by atoms with Gasteiger partial charge in [-0.05, 0) is 29.8 Å². The number of aliphatic hydroxyl groups excluding tert-OH is 1. The molecular formula is C19H20N2O3. The zero-order chi connectivity index (χ0) is 16.7. The first-order valence-corrected chi connectivity index (χ1v) is 8.11. The Bertz CT molecular complexity index is 747. The number of carbonyl (C=O) groups excluding carboxylic acids is 1. The number of β-amino-alcohol motifs (C(OH)–C–C–N with tert-alkyl or cyclic N) is 1. The Labute approximate surface area is 140 Å². The van der Waals surface area contributed by atoms with Gasteiger partial charge in [-0.1, -0.05) is 30.3 Å². The first kappa shape index (κ1) is 15.2. The lowest BCUT2D eigenvalue weighted by Gasteiger charge is -2.54. The fraction of sp³-hybridized carbons (Fsp3) is 0.316. The van der Waals surface area contributed by atoms with Gasteiger partial charge in [0.05, 0.1) is 19.3 Å². The van der Waals surface area contributed by atoms with Crippen LogP contribution in [0, 0.1) is 0 Å². The van der Waals surface area contributed by atoms with Crippen LogP contribution in [-0.2, 0) is 4.79 Å². The minimum atomic E-state index is -0.708. The monoisotopic (exact) mass is 324 g/mol. The lowest BCUT2D eigenvalue weighted by Crippen LogP contribution is -2.73. The quantitative estimate of drug-likeness (QED) is 0.846. The van der Waals surface area contributed by atoms with Gasteiger partial charge < -0.3 is 14.7 Å². The van der Waals surface area contributed by atoms with Crippen LogP contribution in [-0.4, -0.2) is 36.3 Å². The number of nitrogens with one attached hydrogen (secondary N) is 1. The van der Waals surface area contributed by atoms with Crippen LogP contribution >= 0.6 is 0 Å². The molecule has 0 unspecified atom stereocenters. The average molecular weight is 324 g/mol. The van der Waals surface area contributed by atoms with E-state index < -0.39 is 11.6 Å². The number of ether oxygens (including phenoxy) is 1. The molecule has 2 saturated heterocycles. The maximum Gasteiger partial charge on any atom is 0.250 e. The molecule has 5 nitrogen and oxygen atoms in total. The van der Waals surface area contributed by atoms with Crippen molar-refractivity contribution in [3.63, 3.8) is 0 Å². The number of rotatable bonds is 3. The van der Waals surface area contributed by atoms with Crippen molar-refractivity contribution in [2.24, 2.45) is 0 Å². The van der Waals surface area contributed by atoms with Crippen LogP contribution in [0.5, 0.6) is 5.75 Å². The van der Waals surface area contributed by atoms with Crippen molar-refractivity contribution >= 4 is 11.6 Å². The molecule has 5 heteroatoms. The van der Waals surface area contributed by atoms with E-state index in [0.29, 0.717) is 13.0 Å². The summed E-state index contributed by atoms with van der Waals surface area (Å²) in [6, 6.07) is 17.3. The fourth-order valence-electron chi connectivity index (χ4n) is 3.87. The standard InChI is InChI=1S/C19H20N2O3/c1-24-16-9-7-14(8-10-16)21-17(13-5-3-2-4-6-13)19(18(21)23)11-15(22)12-20-19/h2-10,15,17,20,22H,11-12H2,1H3/t15-,17-,19+/m1/s1. The SMILES string of the molecule is COc1ccc(N2C(=O)[C@]3(C[C@@H](O)CN3)[C@H]2c2ccccc2)cc1. The Morgan fingerprint density at radius 1 is 1.17 bits per heavy atom. The smallest absolute Gasteiger partial charge is 0.250 e. The second kappa shape index (κ2) is 5.61. The Morgan fingerprint density at radius 3 is 2.46 bits per heavy atom. The molecule has 0 aliphatic carbocycles. The van der Waals surface area contributed by atoms with Gasteiger partial charge in [-0.2, -0.15) is 0 Å². The van der Waals surface area contributed by atoms with Crippen molar-refractivity contribution in [2.75, 3.05) is 18.6 Å². The van der Waals surface area contributed by atoms with E-state index in [2.05, 4.69) is 5.32 Å². The molecule has 3 atom stereocenters. The van der Waals surface area contributed by atoms with Gasteiger partial charge in [0.1, 0.15) is 11.3 Å². The molecule has 0 radical (unpaired) electrons. The van der Waals surface area contributed by atoms with Crippen LogP contribution in [0.15, 0.2) is 54.6 Å². The molecule has 2 heterocycles. The predicted molar refractivity (Wildman–Crippen MR) is 91.0 cm³/mol. The Balaban J connectivity index is 1.74. The molecule has 0 saturated carbocycles. The third kappa shape index (κ3) is 2.12. The van der Waals surface area contributed by atoms with Gasteiger partial charge in [0.25, 0.3) is 5.91 Å². The summed E-state index contributed by atoms with van der Waals surface area (Å²) in [5.74, 6) is 0.769. The number of hydrogen-bond acceptors (Lipinski definition) is 4. The highest BCUT2D eigenvalue weighted by Crippen LogP contribution is 2.50. The van der Waals surface area contributed by atoms with Crippen molar-refractivity contribution in [1.29, 1.82) is 0 Å². The van der Waals surface area contributed by atoms with E-state index in [1.54, 1.807) is 12.0 Å². The highest BCUT2D eigenvalue weighted by molar-refractivity contribution is 6.09. The summed E-state index contributed by atoms with van der Waals surface area (Å²) in [6.07, 6.45) is -0.0453. The van der Waals surface area contributed by atoms with E-state index >= 15 is 0 Å². The van der Waals surface area contributed by atoms with Crippen molar-refractivity contribution in [3.8, 4) is 5.75 Å². The number of methoxy groups -OCH3 is 1. The number of carbonyl (C=O) groups is 1. The molecule has 124 valence electrons. The molecule has 0 bridgehead atoms. The Kier molecular flexibility index (Phi) is 3.55. The molecule has 1 amide bonds. The second-order valence-corrected chi connectivity index (χ2v) is 6.40. The summed E-state index contributed by atoms with van der Waals surface area (Å²) in [5.41, 5.74) is 1.19. The van der Waals surface area contributed by atoms with Crippen LogP contribution in [0.1, 0.15) is 18.0 Å². The number of hydrogen-bond donors (Lipinski definition) is 2. The zero-order valence-corrected chi connectivity index (χ0v) is 13.5. The van der Waals surface area contributed by atoms with Crippen LogP contribution in [0.2, 0.25) is 0 Å². The molecule has 4 rings (SSSR count). The predicted octanol–water partition coefficient (Wildman–Crippen LogP) is 1.88. The summed E-state index contributed by atoms with van der Waals surface area (Å²) in [5, 5.41) is 13.3. The Morgan fingerprint density at radius 2 is 1.88 bits per heavy atom. The zero-order valence-electron chi connectivity index (χ0n) is 13.5. The molecule has 2 aromatic carbocycles. The van der Waals surface area contributed by atoms with Crippen molar-refractivity contribution in [3.05, 3.63) is 60.2 Å². The first-order chi connectivity index (χ1) is 11.7. The van der Waals surface area contributed by atoms with E-state index in [1.165, 1.54) is 0 Å². The maximum absolute atomic E-state index is 13.0. The van der Waals surface area contributed by atoms with Gasteiger partial charge in [0.15, 0.2) is 0 Å². The molecule has 24 heavy (non-hydrogen) atoms. The summed E-state index contributed by atoms with van der Waals surface area (Å²) in [6.45, 7) is 0.450. The molecule has 2 aliphatic rings. The molecule has 2 aromatic rings.